The second-order valence-electron chi connectivity index (χ2n) is 5.50. The normalized spacial score (nSPS) is 10.4. The maximum Gasteiger partial charge on any atom is 0.256 e. The molecule has 6 heteroatoms. The van der Waals surface area contributed by atoms with Gasteiger partial charge in [-0.15, -0.1) is 0 Å². The highest BCUT2D eigenvalue weighted by Gasteiger charge is 2.15. The number of benzene rings is 3. The zero-order chi connectivity index (χ0) is 18.5. The SMILES string of the molecule is CN(Sc1ccccc1C(=O)Nc1ccc(Cl)cc1F)c1ccccc1. The van der Waals surface area contributed by atoms with Crippen LogP contribution in [0.2, 0.25) is 5.02 Å². The molecule has 0 spiro atoms. The highest BCUT2D eigenvalue weighted by Crippen LogP contribution is 2.30. The summed E-state index contributed by atoms with van der Waals surface area (Å²) in [5, 5.41) is 2.88. The number of carbonyl (C=O) groups excluding carboxylic acids is 1. The van der Waals surface area contributed by atoms with Gasteiger partial charge in [-0.1, -0.05) is 41.9 Å². The third-order valence-corrected chi connectivity index (χ3v) is 4.94. The fraction of sp³-hybridized carbons (Fsp3) is 0.0500. The van der Waals surface area contributed by atoms with E-state index >= 15 is 0 Å². The van der Waals surface area contributed by atoms with Crippen LogP contribution in [0.15, 0.2) is 77.7 Å². The van der Waals surface area contributed by atoms with Crippen molar-refractivity contribution in [2.75, 3.05) is 16.7 Å². The summed E-state index contributed by atoms with van der Waals surface area (Å²) < 4.78 is 15.9. The average molecular weight is 387 g/mol. The maximum absolute atomic E-state index is 13.9. The second-order valence-corrected chi connectivity index (χ2v) is 7.11. The van der Waals surface area contributed by atoms with Crippen LogP contribution in [0.4, 0.5) is 15.8 Å². The van der Waals surface area contributed by atoms with Gasteiger partial charge in [-0.3, -0.25) is 4.79 Å². The van der Waals surface area contributed by atoms with Crippen molar-refractivity contribution in [2.24, 2.45) is 0 Å². The summed E-state index contributed by atoms with van der Waals surface area (Å²) in [6.45, 7) is 0. The van der Waals surface area contributed by atoms with E-state index in [1.165, 1.54) is 30.1 Å². The van der Waals surface area contributed by atoms with Crippen molar-refractivity contribution in [3.63, 3.8) is 0 Å². The molecule has 0 heterocycles. The number of anilines is 2. The van der Waals surface area contributed by atoms with Crippen molar-refractivity contribution in [1.29, 1.82) is 0 Å². The topological polar surface area (TPSA) is 32.3 Å². The Balaban J connectivity index is 1.81. The molecule has 132 valence electrons. The lowest BCUT2D eigenvalue weighted by Crippen LogP contribution is -2.15. The van der Waals surface area contributed by atoms with E-state index in [0.29, 0.717) is 5.56 Å². The van der Waals surface area contributed by atoms with Gasteiger partial charge in [-0.25, -0.2) is 4.39 Å². The van der Waals surface area contributed by atoms with Crippen LogP contribution in [0, 0.1) is 5.82 Å². The van der Waals surface area contributed by atoms with Crippen molar-refractivity contribution in [2.45, 2.75) is 4.90 Å². The van der Waals surface area contributed by atoms with Crippen molar-refractivity contribution in [1.82, 2.24) is 0 Å². The summed E-state index contributed by atoms with van der Waals surface area (Å²) in [4.78, 5) is 13.4. The predicted octanol–water partition coefficient (Wildman–Crippen LogP) is 5.87. The minimum atomic E-state index is -0.572. The van der Waals surface area contributed by atoms with E-state index in [1.54, 1.807) is 12.1 Å². The van der Waals surface area contributed by atoms with E-state index in [9.17, 15) is 9.18 Å². The van der Waals surface area contributed by atoms with Crippen LogP contribution in [0.3, 0.4) is 0 Å². The lowest BCUT2D eigenvalue weighted by atomic mass is 10.2. The van der Waals surface area contributed by atoms with Gasteiger partial charge in [0.1, 0.15) is 5.82 Å². The Morgan fingerprint density at radius 3 is 2.46 bits per heavy atom. The van der Waals surface area contributed by atoms with Crippen molar-refractivity contribution in [3.05, 3.63) is 89.2 Å². The van der Waals surface area contributed by atoms with Gasteiger partial charge in [0, 0.05) is 22.7 Å². The zero-order valence-corrected chi connectivity index (χ0v) is 15.5. The molecule has 0 aromatic heterocycles. The minimum absolute atomic E-state index is 0.0932. The number of para-hydroxylation sites is 1. The van der Waals surface area contributed by atoms with Crippen LogP contribution in [-0.4, -0.2) is 13.0 Å². The Morgan fingerprint density at radius 2 is 1.73 bits per heavy atom. The molecular weight excluding hydrogens is 371 g/mol. The summed E-state index contributed by atoms with van der Waals surface area (Å²) >= 11 is 7.18. The molecular formula is C20H16ClFN2OS. The number of rotatable bonds is 5. The van der Waals surface area contributed by atoms with Crippen LogP contribution >= 0.6 is 23.5 Å². The van der Waals surface area contributed by atoms with E-state index in [2.05, 4.69) is 5.32 Å². The van der Waals surface area contributed by atoms with E-state index in [4.69, 9.17) is 11.6 Å². The van der Waals surface area contributed by atoms with E-state index in [-0.39, 0.29) is 16.6 Å². The monoisotopic (exact) mass is 386 g/mol. The van der Waals surface area contributed by atoms with Gasteiger partial charge in [0.15, 0.2) is 0 Å². The van der Waals surface area contributed by atoms with Crippen molar-refractivity contribution < 1.29 is 9.18 Å². The van der Waals surface area contributed by atoms with E-state index < -0.39 is 5.82 Å². The van der Waals surface area contributed by atoms with Gasteiger partial charge in [-0.05, 0) is 54.4 Å². The molecule has 0 radical (unpaired) electrons. The molecule has 0 bridgehead atoms. The Bertz CT molecular complexity index is 921. The maximum atomic E-state index is 13.9. The molecule has 0 aliphatic heterocycles. The number of hydrogen-bond acceptors (Lipinski definition) is 3. The minimum Gasteiger partial charge on any atom is -0.319 e. The summed E-state index contributed by atoms with van der Waals surface area (Å²) in [7, 11) is 1.92. The summed E-state index contributed by atoms with van der Waals surface area (Å²) in [6, 6.07) is 21.2. The molecule has 3 rings (SSSR count). The van der Waals surface area contributed by atoms with Crippen LogP contribution in [0.25, 0.3) is 0 Å². The lowest BCUT2D eigenvalue weighted by molar-refractivity contribution is 0.102. The molecule has 1 N–H and O–H groups in total. The van der Waals surface area contributed by atoms with E-state index in [1.807, 2.05) is 53.8 Å². The smallest absolute Gasteiger partial charge is 0.256 e. The fourth-order valence-electron chi connectivity index (χ4n) is 2.35. The van der Waals surface area contributed by atoms with Crippen LogP contribution in [0.1, 0.15) is 10.4 Å². The average Bonchev–Trinajstić information content (AvgIpc) is 2.65. The quantitative estimate of drug-likeness (QED) is 0.556. The molecule has 0 saturated heterocycles. The van der Waals surface area contributed by atoms with Crippen LogP contribution < -0.4 is 9.62 Å². The van der Waals surface area contributed by atoms with Crippen molar-refractivity contribution >= 4 is 40.8 Å². The van der Waals surface area contributed by atoms with Gasteiger partial charge in [0.2, 0.25) is 0 Å². The molecule has 0 aliphatic carbocycles. The molecule has 26 heavy (non-hydrogen) atoms. The summed E-state index contributed by atoms with van der Waals surface area (Å²) in [5.74, 6) is -0.951. The number of nitrogens with zero attached hydrogens (tertiary/aromatic N) is 1. The Morgan fingerprint density at radius 1 is 1.04 bits per heavy atom. The number of nitrogens with one attached hydrogen (secondary N) is 1. The standard InChI is InChI=1S/C20H16ClFN2OS/c1-24(15-7-3-2-4-8-15)26-19-10-6-5-9-16(19)20(25)23-18-12-11-14(21)13-17(18)22/h2-13H,1H3,(H,23,25). The number of halogens is 2. The summed E-state index contributed by atoms with van der Waals surface area (Å²) in [5.41, 5.74) is 1.57. The van der Waals surface area contributed by atoms with Gasteiger partial charge < -0.3 is 9.62 Å². The molecule has 3 nitrogen and oxygen atoms in total. The molecule has 1 amide bonds. The first-order chi connectivity index (χ1) is 12.5. The molecule has 0 aliphatic rings. The molecule has 3 aromatic rings. The molecule has 0 atom stereocenters. The van der Waals surface area contributed by atoms with Crippen LogP contribution in [0.5, 0.6) is 0 Å². The predicted molar refractivity (Wildman–Crippen MR) is 107 cm³/mol. The Labute approximate surface area is 160 Å². The highest BCUT2D eigenvalue weighted by molar-refractivity contribution is 8.00. The third-order valence-electron chi connectivity index (χ3n) is 3.67. The lowest BCUT2D eigenvalue weighted by Gasteiger charge is -2.19. The molecule has 0 unspecified atom stereocenters. The summed E-state index contributed by atoms with van der Waals surface area (Å²) in [6.07, 6.45) is 0. The number of amides is 1. The molecule has 0 saturated carbocycles. The fourth-order valence-corrected chi connectivity index (χ4v) is 3.43. The third kappa shape index (κ3) is 4.36. The Hall–Kier alpha value is -2.50. The molecule has 0 fully saturated rings. The van der Waals surface area contributed by atoms with Gasteiger partial charge >= 0.3 is 0 Å². The van der Waals surface area contributed by atoms with Gasteiger partial charge in [0.05, 0.1) is 11.3 Å². The second kappa shape index (κ2) is 8.25. The first-order valence-corrected chi connectivity index (χ1v) is 9.02. The van der Waals surface area contributed by atoms with Gasteiger partial charge in [-0.2, -0.15) is 0 Å². The van der Waals surface area contributed by atoms with Crippen LogP contribution in [-0.2, 0) is 0 Å². The van der Waals surface area contributed by atoms with Crippen molar-refractivity contribution in [3.8, 4) is 0 Å². The number of hydrogen-bond donors (Lipinski definition) is 1. The van der Waals surface area contributed by atoms with Gasteiger partial charge in [0.25, 0.3) is 5.91 Å². The first-order valence-electron chi connectivity index (χ1n) is 7.87. The first kappa shape index (κ1) is 18.3. The number of carbonyl (C=O) groups is 1. The Kier molecular flexibility index (Phi) is 5.81. The highest BCUT2D eigenvalue weighted by atomic mass is 35.5. The largest absolute Gasteiger partial charge is 0.319 e. The van der Waals surface area contributed by atoms with E-state index in [0.717, 1.165) is 10.6 Å². The zero-order valence-electron chi connectivity index (χ0n) is 13.9. The molecule has 3 aromatic carbocycles.